The fourth-order valence-corrected chi connectivity index (χ4v) is 2.31. The first kappa shape index (κ1) is 15.5. The van der Waals surface area contributed by atoms with Gasteiger partial charge in [-0.1, -0.05) is 39.7 Å². The molecule has 0 aliphatic heterocycles. The minimum atomic E-state index is 0.0917. The van der Waals surface area contributed by atoms with Gasteiger partial charge in [0.05, 0.1) is 17.5 Å². The zero-order valence-corrected chi connectivity index (χ0v) is 13.2. The molecule has 0 aliphatic carbocycles. The van der Waals surface area contributed by atoms with Crippen LogP contribution in [0.2, 0.25) is 0 Å². The number of hydrogen-bond donors (Lipinski definition) is 2. The van der Waals surface area contributed by atoms with Crippen molar-refractivity contribution in [3.05, 3.63) is 29.6 Å². The lowest BCUT2D eigenvalue weighted by molar-refractivity contribution is -0.120. The molecule has 0 aliphatic rings. The van der Waals surface area contributed by atoms with Crippen molar-refractivity contribution in [1.82, 2.24) is 15.3 Å². The monoisotopic (exact) mass is 287 g/mol. The van der Waals surface area contributed by atoms with Gasteiger partial charge < -0.3 is 10.3 Å². The summed E-state index contributed by atoms with van der Waals surface area (Å²) in [7, 11) is 0. The summed E-state index contributed by atoms with van der Waals surface area (Å²) in [5, 5.41) is 2.97. The van der Waals surface area contributed by atoms with Gasteiger partial charge >= 0.3 is 0 Å². The molecule has 4 heteroatoms. The van der Waals surface area contributed by atoms with E-state index in [2.05, 4.69) is 36.1 Å². The van der Waals surface area contributed by atoms with E-state index in [1.54, 1.807) is 0 Å². The first-order valence-corrected chi connectivity index (χ1v) is 7.85. The van der Waals surface area contributed by atoms with E-state index >= 15 is 0 Å². The van der Waals surface area contributed by atoms with Crippen molar-refractivity contribution < 1.29 is 4.79 Å². The van der Waals surface area contributed by atoms with E-state index in [4.69, 9.17) is 0 Å². The van der Waals surface area contributed by atoms with Crippen molar-refractivity contribution in [2.75, 3.05) is 6.54 Å². The smallest absolute Gasteiger partial charge is 0.224 e. The Morgan fingerprint density at radius 3 is 2.86 bits per heavy atom. The Hall–Kier alpha value is -1.84. The summed E-state index contributed by atoms with van der Waals surface area (Å²) in [6.07, 6.45) is 3.82. The first-order chi connectivity index (χ1) is 10.1. The summed E-state index contributed by atoms with van der Waals surface area (Å²) in [6, 6.07) is 6.00. The highest BCUT2D eigenvalue weighted by Gasteiger charge is 2.08. The van der Waals surface area contributed by atoms with Gasteiger partial charge in [0, 0.05) is 12.5 Å². The van der Waals surface area contributed by atoms with Gasteiger partial charge in [-0.05, 0) is 24.1 Å². The fourth-order valence-electron chi connectivity index (χ4n) is 2.31. The number of unbranched alkanes of at least 4 members (excludes halogenated alkanes) is 2. The maximum absolute atomic E-state index is 11.9. The molecule has 0 atom stereocenters. The number of aromatic amines is 1. The summed E-state index contributed by atoms with van der Waals surface area (Å²) in [4.78, 5) is 19.8. The van der Waals surface area contributed by atoms with Gasteiger partial charge in [-0.3, -0.25) is 4.79 Å². The Labute approximate surface area is 126 Å². The third kappa shape index (κ3) is 4.31. The summed E-state index contributed by atoms with van der Waals surface area (Å²) in [6.45, 7) is 7.16. The number of carbonyl (C=O) groups excluding carboxylic acids is 1. The van der Waals surface area contributed by atoms with E-state index in [0.717, 1.165) is 35.4 Å². The number of imidazole rings is 1. The molecule has 0 saturated carbocycles. The summed E-state index contributed by atoms with van der Waals surface area (Å²) >= 11 is 0. The molecule has 2 aromatic rings. The standard InChI is InChI=1S/C17H25N3O/c1-4-5-6-9-18-16(21)11-13-7-8-14-15(10-13)20-17(19-14)12(2)3/h7-8,10,12H,4-6,9,11H2,1-3H3,(H,18,21)(H,19,20). The normalized spacial score (nSPS) is 11.2. The topological polar surface area (TPSA) is 57.8 Å². The quantitative estimate of drug-likeness (QED) is 0.765. The molecule has 0 saturated heterocycles. The van der Waals surface area contributed by atoms with Crippen LogP contribution in [-0.2, 0) is 11.2 Å². The van der Waals surface area contributed by atoms with E-state index in [0.29, 0.717) is 12.3 Å². The van der Waals surface area contributed by atoms with Crippen LogP contribution in [0.1, 0.15) is 57.3 Å². The number of benzene rings is 1. The second kappa shape index (κ2) is 7.25. The van der Waals surface area contributed by atoms with Crippen LogP contribution in [0, 0.1) is 0 Å². The first-order valence-electron chi connectivity index (χ1n) is 7.85. The van der Waals surface area contributed by atoms with E-state index in [9.17, 15) is 4.79 Å². The van der Waals surface area contributed by atoms with E-state index in [1.807, 2.05) is 18.2 Å². The predicted octanol–water partition coefficient (Wildman–Crippen LogP) is 3.54. The molecular weight excluding hydrogens is 262 g/mol. The lowest BCUT2D eigenvalue weighted by Crippen LogP contribution is -2.26. The molecule has 0 fully saturated rings. The summed E-state index contributed by atoms with van der Waals surface area (Å²) in [5.41, 5.74) is 3.00. The maximum Gasteiger partial charge on any atom is 0.224 e. The molecule has 4 nitrogen and oxygen atoms in total. The molecule has 1 aromatic carbocycles. The molecule has 114 valence electrons. The molecule has 21 heavy (non-hydrogen) atoms. The molecule has 0 unspecified atom stereocenters. The average Bonchev–Trinajstić information content (AvgIpc) is 2.87. The summed E-state index contributed by atoms with van der Waals surface area (Å²) in [5.74, 6) is 1.46. The molecule has 2 rings (SSSR count). The highest BCUT2D eigenvalue weighted by atomic mass is 16.1. The summed E-state index contributed by atoms with van der Waals surface area (Å²) < 4.78 is 0. The van der Waals surface area contributed by atoms with Crippen LogP contribution < -0.4 is 5.32 Å². The second-order valence-corrected chi connectivity index (χ2v) is 5.86. The van der Waals surface area contributed by atoms with Crippen LogP contribution in [0.3, 0.4) is 0 Å². The minimum absolute atomic E-state index is 0.0917. The van der Waals surface area contributed by atoms with Crippen molar-refractivity contribution in [2.45, 2.75) is 52.4 Å². The molecule has 2 N–H and O–H groups in total. The Balaban J connectivity index is 1.97. The van der Waals surface area contributed by atoms with Crippen LogP contribution in [0.15, 0.2) is 18.2 Å². The molecule has 0 spiro atoms. The molecule has 1 aromatic heterocycles. The zero-order chi connectivity index (χ0) is 15.2. The molecular formula is C17H25N3O. The van der Waals surface area contributed by atoms with Gasteiger partial charge in [-0.25, -0.2) is 4.98 Å². The third-order valence-electron chi connectivity index (χ3n) is 3.58. The lowest BCUT2D eigenvalue weighted by Gasteiger charge is -2.04. The van der Waals surface area contributed by atoms with Gasteiger partial charge in [-0.15, -0.1) is 0 Å². The van der Waals surface area contributed by atoms with Gasteiger partial charge in [0.15, 0.2) is 0 Å². The van der Waals surface area contributed by atoms with Gasteiger partial charge in [0.1, 0.15) is 5.82 Å². The van der Waals surface area contributed by atoms with Gasteiger partial charge in [0.25, 0.3) is 0 Å². The third-order valence-corrected chi connectivity index (χ3v) is 3.58. The largest absolute Gasteiger partial charge is 0.356 e. The molecule has 0 bridgehead atoms. The Kier molecular flexibility index (Phi) is 5.37. The molecule has 0 radical (unpaired) electrons. The number of H-pyrrole nitrogens is 1. The van der Waals surface area contributed by atoms with Crippen molar-refractivity contribution in [2.24, 2.45) is 0 Å². The minimum Gasteiger partial charge on any atom is -0.356 e. The predicted molar refractivity (Wildman–Crippen MR) is 86.4 cm³/mol. The number of aromatic nitrogens is 2. The van der Waals surface area contributed by atoms with Gasteiger partial charge in [0.2, 0.25) is 5.91 Å². The molecule has 1 heterocycles. The highest BCUT2D eigenvalue weighted by Crippen LogP contribution is 2.18. The van der Waals surface area contributed by atoms with E-state index in [1.165, 1.54) is 12.8 Å². The number of nitrogens with one attached hydrogen (secondary N) is 2. The van der Waals surface area contributed by atoms with E-state index < -0.39 is 0 Å². The average molecular weight is 287 g/mol. The maximum atomic E-state index is 11.9. The van der Waals surface area contributed by atoms with Gasteiger partial charge in [-0.2, -0.15) is 0 Å². The highest BCUT2D eigenvalue weighted by molar-refractivity contribution is 5.81. The van der Waals surface area contributed by atoms with Crippen molar-refractivity contribution in [1.29, 1.82) is 0 Å². The van der Waals surface area contributed by atoms with Crippen LogP contribution in [-0.4, -0.2) is 22.4 Å². The Bertz CT molecular complexity index is 601. The van der Waals surface area contributed by atoms with E-state index in [-0.39, 0.29) is 5.91 Å². The lowest BCUT2D eigenvalue weighted by atomic mass is 10.1. The van der Waals surface area contributed by atoms with Crippen molar-refractivity contribution in [3.8, 4) is 0 Å². The van der Waals surface area contributed by atoms with Crippen LogP contribution >= 0.6 is 0 Å². The van der Waals surface area contributed by atoms with Crippen molar-refractivity contribution >= 4 is 16.9 Å². The number of hydrogen-bond acceptors (Lipinski definition) is 2. The number of nitrogens with zero attached hydrogens (tertiary/aromatic N) is 1. The number of rotatable bonds is 7. The number of fused-ring (bicyclic) bond motifs is 1. The fraction of sp³-hybridized carbons (Fsp3) is 0.529. The second-order valence-electron chi connectivity index (χ2n) is 5.86. The van der Waals surface area contributed by atoms with Crippen LogP contribution in [0.5, 0.6) is 0 Å². The SMILES string of the molecule is CCCCCNC(=O)Cc1ccc2nc(C(C)C)[nH]c2c1. The Morgan fingerprint density at radius 2 is 2.14 bits per heavy atom. The number of amides is 1. The molecule has 1 amide bonds. The Morgan fingerprint density at radius 1 is 1.33 bits per heavy atom. The number of carbonyl (C=O) groups is 1. The zero-order valence-electron chi connectivity index (χ0n) is 13.2. The van der Waals surface area contributed by atoms with Crippen LogP contribution in [0.4, 0.5) is 0 Å². The van der Waals surface area contributed by atoms with Crippen LogP contribution in [0.25, 0.3) is 11.0 Å². The van der Waals surface area contributed by atoms with Crippen molar-refractivity contribution in [3.63, 3.8) is 0 Å².